The zero-order valence-corrected chi connectivity index (χ0v) is 13.6. The fourth-order valence-corrected chi connectivity index (χ4v) is 3.02. The predicted octanol–water partition coefficient (Wildman–Crippen LogP) is 4.26. The molecule has 2 heterocycles. The Bertz CT molecular complexity index is 415. The third kappa shape index (κ3) is 4.11. The van der Waals surface area contributed by atoms with Crippen molar-refractivity contribution in [1.29, 1.82) is 0 Å². The first-order valence-corrected chi connectivity index (χ1v) is 8.47. The maximum Gasteiger partial charge on any atom is 0.199 e. The van der Waals surface area contributed by atoms with Crippen LogP contribution < -0.4 is 9.47 Å². The highest BCUT2D eigenvalue weighted by molar-refractivity contribution is 9.10. The number of halogens is 1. The minimum atomic E-state index is -0.156. The standard InChI is InChI=1S/C16H21BrO4/c17-16-12(20-14-8-1-3-10-18-14)6-5-7-13(16)21-15-9-2-4-11-19-15/h5-7,14-15H,1-4,8-11H2. The Kier molecular flexibility index (Phi) is 5.38. The lowest BCUT2D eigenvalue weighted by Crippen LogP contribution is -2.26. The summed E-state index contributed by atoms with van der Waals surface area (Å²) in [6.45, 7) is 1.54. The van der Waals surface area contributed by atoms with Crippen molar-refractivity contribution in [2.45, 2.75) is 51.1 Å². The van der Waals surface area contributed by atoms with Gasteiger partial charge in [-0.3, -0.25) is 0 Å². The van der Waals surface area contributed by atoms with E-state index in [0.29, 0.717) is 0 Å². The van der Waals surface area contributed by atoms with E-state index in [-0.39, 0.29) is 12.6 Å². The van der Waals surface area contributed by atoms with Crippen molar-refractivity contribution in [3.63, 3.8) is 0 Å². The minimum Gasteiger partial charge on any atom is -0.464 e. The van der Waals surface area contributed by atoms with Gasteiger partial charge in [0.05, 0.1) is 13.2 Å². The van der Waals surface area contributed by atoms with E-state index in [1.54, 1.807) is 0 Å². The summed E-state index contributed by atoms with van der Waals surface area (Å²) in [5, 5.41) is 0. The van der Waals surface area contributed by atoms with Gasteiger partial charge >= 0.3 is 0 Å². The van der Waals surface area contributed by atoms with E-state index in [4.69, 9.17) is 18.9 Å². The molecule has 0 amide bonds. The first kappa shape index (κ1) is 15.1. The normalized spacial score (nSPS) is 26.3. The van der Waals surface area contributed by atoms with Crippen molar-refractivity contribution in [1.82, 2.24) is 0 Å². The summed E-state index contributed by atoms with van der Waals surface area (Å²) in [6.07, 6.45) is 6.08. The van der Waals surface area contributed by atoms with Gasteiger partial charge in [-0.1, -0.05) is 6.07 Å². The molecule has 21 heavy (non-hydrogen) atoms. The molecule has 5 heteroatoms. The quantitative estimate of drug-likeness (QED) is 0.807. The van der Waals surface area contributed by atoms with Gasteiger partial charge in [0.2, 0.25) is 0 Å². The molecule has 0 aromatic heterocycles. The second-order valence-electron chi connectivity index (χ2n) is 5.40. The molecule has 0 bridgehead atoms. The third-order valence-corrected chi connectivity index (χ3v) is 4.50. The summed E-state index contributed by atoms with van der Waals surface area (Å²) in [5.74, 6) is 1.52. The Morgan fingerprint density at radius 1 is 0.857 bits per heavy atom. The molecule has 3 rings (SSSR count). The van der Waals surface area contributed by atoms with Crippen LogP contribution in [0.1, 0.15) is 38.5 Å². The smallest absolute Gasteiger partial charge is 0.199 e. The maximum atomic E-state index is 5.93. The molecule has 1 aromatic rings. The van der Waals surface area contributed by atoms with Gasteiger partial charge in [-0.25, -0.2) is 0 Å². The minimum absolute atomic E-state index is 0.156. The molecule has 1 aromatic carbocycles. The van der Waals surface area contributed by atoms with Crippen LogP contribution in [-0.2, 0) is 9.47 Å². The lowest BCUT2D eigenvalue weighted by Gasteiger charge is -2.26. The van der Waals surface area contributed by atoms with E-state index in [9.17, 15) is 0 Å². The second-order valence-corrected chi connectivity index (χ2v) is 6.19. The van der Waals surface area contributed by atoms with Gasteiger partial charge in [-0.05, 0) is 53.7 Å². The van der Waals surface area contributed by atoms with Crippen LogP contribution in [-0.4, -0.2) is 25.8 Å². The van der Waals surface area contributed by atoms with E-state index in [1.807, 2.05) is 18.2 Å². The molecule has 0 saturated carbocycles. The predicted molar refractivity (Wildman–Crippen MR) is 82.6 cm³/mol. The SMILES string of the molecule is Brc1c(OC2CCCCO2)cccc1OC1CCCCO1. The molecule has 2 aliphatic heterocycles. The first-order valence-electron chi connectivity index (χ1n) is 7.68. The molecule has 2 fully saturated rings. The number of ether oxygens (including phenoxy) is 4. The summed E-state index contributed by atoms with van der Waals surface area (Å²) in [4.78, 5) is 0. The van der Waals surface area contributed by atoms with Crippen LogP contribution in [0.2, 0.25) is 0 Å². The number of hydrogen-bond acceptors (Lipinski definition) is 4. The van der Waals surface area contributed by atoms with Gasteiger partial charge < -0.3 is 18.9 Å². The highest BCUT2D eigenvalue weighted by Crippen LogP contribution is 2.36. The van der Waals surface area contributed by atoms with Crippen LogP contribution in [0.5, 0.6) is 11.5 Å². The summed E-state index contributed by atoms with van der Waals surface area (Å²) in [7, 11) is 0. The third-order valence-electron chi connectivity index (χ3n) is 3.72. The monoisotopic (exact) mass is 356 g/mol. The van der Waals surface area contributed by atoms with E-state index < -0.39 is 0 Å². The van der Waals surface area contributed by atoms with E-state index in [0.717, 1.165) is 67.7 Å². The van der Waals surface area contributed by atoms with Gasteiger partial charge in [-0.15, -0.1) is 0 Å². The number of rotatable bonds is 4. The van der Waals surface area contributed by atoms with Crippen LogP contribution in [0, 0.1) is 0 Å². The highest BCUT2D eigenvalue weighted by atomic mass is 79.9. The van der Waals surface area contributed by atoms with Crippen LogP contribution in [0.25, 0.3) is 0 Å². The molecule has 0 radical (unpaired) electrons. The maximum absolute atomic E-state index is 5.93. The fourth-order valence-electron chi connectivity index (χ4n) is 2.56. The summed E-state index contributed by atoms with van der Waals surface area (Å²) in [6, 6.07) is 5.79. The van der Waals surface area contributed by atoms with Crippen LogP contribution >= 0.6 is 15.9 Å². The molecule has 0 spiro atoms. The lowest BCUT2D eigenvalue weighted by molar-refractivity contribution is -0.109. The van der Waals surface area contributed by atoms with Gasteiger partial charge in [0.15, 0.2) is 12.6 Å². The topological polar surface area (TPSA) is 36.9 Å². The molecular weight excluding hydrogens is 336 g/mol. The summed E-state index contributed by atoms with van der Waals surface area (Å²) in [5.41, 5.74) is 0. The van der Waals surface area contributed by atoms with Crippen LogP contribution in [0.4, 0.5) is 0 Å². The molecule has 2 saturated heterocycles. The molecule has 4 nitrogen and oxygen atoms in total. The van der Waals surface area contributed by atoms with Gasteiger partial charge in [0.25, 0.3) is 0 Å². The van der Waals surface area contributed by atoms with Crippen molar-refractivity contribution in [2.75, 3.05) is 13.2 Å². The van der Waals surface area contributed by atoms with Crippen LogP contribution in [0.3, 0.4) is 0 Å². The second kappa shape index (κ2) is 7.47. The van der Waals surface area contributed by atoms with E-state index >= 15 is 0 Å². The summed E-state index contributed by atoms with van der Waals surface area (Å²) >= 11 is 3.57. The van der Waals surface area contributed by atoms with Crippen molar-refractivity contribution < 1.29 is 18.9 Å². The Balaban J connectivity index is 1.65. The average molecular weight is 357 g/mol. The van der Waals surface area contributed by atoms with Crippen molar-refractivity contribution in [3.05, 3.63) is 22.7 Å². The number of benzene rings is 1. The van der Waals surface area contributed by atoms with Crippen molar-refractivity contribution in [2.24, 2.45) is 0 Å². The molecular formula is C16H21BrO4. The fraction of sp³-hybridized carbons (Fsp3) is 0.625. The van der Waals surface area contributed by atoms with E-state index in [2.05, 4.69) is 15.9 Å². The number of hydrogen-bond donors (Lipinski definition) is 0. The molecule has 0 aliphatic carbocycles. The molecule has 2 aliphatic rings. The zero-order valence-electron chi connectivity index (χ0n) is 12.1. The van der Waals surface area contributed by atoms with Gasteiger partial charge in [-0.2, -0.15) is 0 Å². The molecule has 2 unspecified atom stereocenters. The van der Waals surface area contributed by atoms with Gasteiger partial charge in [0.1, 0.15) is 16.0 Å². The Hall–Kier alpha value is -0.780. The Morgan fingerprint density at radius 3 is 1.81 bits per heavy atom. The van der Waals surface area contributed by atoms with E-state index in [1.165, 1.54) is 0 Å². The molecule has 2 atom stereocenters. The Morgan fingerprint density at radius 2 is 1.38 bits per heavy atom. The van der Waals surface area contributed by atoms with Crippen LogP contribution in [0.15, 0.2) is 22.7 Å². The molecule has 0 N–H and O–H groups in total. The average Bonchev–Trinajstić information content (AvgIpc) is 2.53. The van der Waals surface area contributed by atoms with Crippen molar-refractivity contribution >= 4 is 15.9 Å². The Labute approximate surface area is 133 Å². The lowest BCUT2D eigenvalue weighted by atomic mass is 10.2. The highest BCUT2D eigenvalue weighted by Gasteiger charge is 2.20. The zero-order chi connectivity index (χ0) is 14.5. The molecule has 116 valence electrons. The summed E-state index contributed by atoms with van der Waals surface area (Å²) < 4.78 is 23.9. The largest absolute Gasteiger partial charge is 0.464 e. The van der Waals surface area contributed by atoms with Crippen molar-refractivity contribution in [3.8, 4) is 11.5 Å². The first-order chi connectivity index (χ1) is 10.3. The van der Waals surface area contributed by atoms with Gasteiger partial charge in [0, 0.05) is 12.8 Å².